The lowest BCUT2D eigenvalue weighted by atomic mass is 10.1. The first kappa shape index (κ1) is 15.4. The molecule has 0 aromatic heterocycles. The predicted octanol–water partition coefficient (Wildman–Crippen LogP) is 0.960. The van der Waals surface area contributed by atoms with Gasteiger partial charge >= 0.3 is 0 Å². The molecule has 16 heavy (non-hydrogen) atoms. The lowest BCUT2D eigenvalue weighted by Crippen LogP contribution is -2.51. The molecule has 0 bridgehead atoms. The zero-order valence-corrected chi connectivity index (χ0v) is 11.1. The number of carbonyl (C=O) groups is 1. The maximum absolute atomic E-state index is 11.3. The zero-order valence-electron chi connectivity index (χ0n) is 11.1. The van der Waals surface area contributed by atoms with Gasteiger partial charge in [0.2, 0.25) is 5.91 Å². The van der Waals surface area contributed by atoms with Crippen LogP contribution in [-0.2, 0) is 4.79 Å². The van der Waals surface area contributed by atoms with Crippen LogP contribution >= 0.6 is 0 Å². The summed E-state index contributed by atoms with van der Waals surface area (Å²) in [5.41, 5.74) is 5.39. The second-order valence-electron chi connectivity index (χ2n) is 4.25. The lowest BCUT2D eigenvalue weighted by Gasteiger charge is -2.30. The number of hydrogen-bond acceptors (Lipinski definition) is 3. The fraction of sp³-hybridized carbons (Fsp3) is 0.917. The van der Waals surface area contributed by atoms with E-state index in [4.69, 9.17) is 5.73 Å². The van der Waals surface area contributed by atoms with Crippen LogP contribution in [0.2, 0.25) is 0 Å². The smallest absolute Gasteiger partial charge is 0.235 e. The van der Waals surface area contributed by atoms with Crippen LogP contribution in [0.3, 0.4) is 0 Å². The van der Waals surface area contributed by atoms with Gasteiger partial charge in [0.15, 0.2) is 0 Å². The second-order valence-corrected chi connectivity index (χ2v) is 4.25. The quantitative estimate of drug-likeness (QED) is 0.619. The third-order valence-corrected chi connectivity index (χ3v) is 3.02. The SMILES string of the molecule is CCCNC(CN(CC)C(C)CC)C(N)=O. The van der Waals surface area contributed by atoms with Gasteiger partial charge in [-0.2, -0.15) is 0 Å². The molecule has 0 aromatic rings. The van der Waals surface area contributed by atoms with Crippen molar-refractivity contribution in [2.24, 2.45) is 5.73 Å². The molecule has 3 N–H and O–H groups in total. The monoisotopic (exact) mass is 229 g/mol. The molecule has 0 saturated heterocycles. The van der Waals surface area contributed by atoms with Crippen LogP contribution in [0.4, 0.5) is 0 Å². The minimum Gasteiger partial charge on any atom is -0.368 e. The van der Waals surface area contributed by atoms with Crippen LogP contribution in [-0.4, -0.2) is 42.5 Å². The Morgan fingerprint density at radius 3 is 2.38 bits per heavy atom. The second kappa shape index (κ2) is 8.53. The molecule has 4 heteroatoms. The molecule has 96 valence electrons. The van der Waals surface area contributed by atoms with E-state index in [2.05, 4.69) is 37.9 Å². The minimum absolute atomic E-state index is 0.228. The summed E-state index contributed by atoms with van der Waals surface area (Å²) >= 11 is 0. The average Bonchev–Trinajstić information content (AvgIpc) is 2.28. The number of amides is 1. The van der Waals surface area contributed by atoms with Gasteiger partial charge in [-0.05, 0) is 32.9 Å². The fourth-order valence-electron chi connectivity index (χ4n) is 1.69. The molecule has 0 aliphatic heterocycles. The van der Waals surface area contributed by atoms with Gasteiger partial charge in [-0.1, -0.05) is 20.8 Å². The highest BCUT2D eigenvalue weighted by Crippen LogP contribution is 2.04. The molecule has 0 saturated carbocycles. The molecule has 0 aliphatic rings. The van der Waals surface area contributed by atoms with Gasteiger partial charge < -0.3 is 11.1 Å². The van der Waals surface area contributed by atoms with Gasteiger partial charge in [-0.3, -0.25) is 9.69 Å². The van der Waals surface area contributed by atoms with Crippen molar-refractivity contribution >= 4 is 5.91 Å². The fourth-order valence-corrected chi connectivity index (χ4v) is 1.69. The van der Waals surface area contributed by atoms with Gasteiger partial charge in [-0.15, -0.1) is 0 Å². The highest BCUT2D eigenvalue weighted by molar-refractivity contribution is 5.80. The van der Waals surface area contributed by atoms with Crippen molar-refractivity contribution < 1.29 is 4.79 Å². The summed E-state index contributed by atoms with van der Waals surface area (Å²) in [4.78, 5) is 13.6. The Kier molecular flexibility index (Phi) is 8.21. The molecule has 2 atom stereocenters. The van der Waals surface area contributed by atoms with E-state index >= 15 is 0 Å². The number of nitrogens with zero attached hydrogens (tertiary/aromatic N) is 1. The number of carbonyl (C=O) groups excluding carboxylic acids is 1. The van der Waals surface area contributed by atoms with E-state index < -0.39 is 0 Å². The van der Waals surface area contributed by atoms with E-state index in [1.54, 1.807) is 0 Å². The summed E-state index contributed by atoms with van der Waals surface area (Å²) in [6.07, 6.45) is 2.10. The third-order valence-electron chi connectivity index (χ3n) is 3.02. The molecule has 0 fully saturated rings. The van der Waals surface area contributed by atoms with Crippen molar-refractivity contribution in [3.05, 3.63) is 0 Å². The average molecular weight is 229 g/mol. The van der Waals surface area contributed by atoms with Crippen molar-refractivity contribution in [2.75, 3.05) is 19.6 Å². The molecule has 0 spiro atoms. The normalized spacial score (nSPS) is 15.1. The largest absolute Gasteiger partial charge is 0.368 e. The van der Waals surface area contributed by atoms with Crippen molar-refractivity contribution in [1.82, 2.24) is 10.2 Å². The number of primary amides is 1. The van der Waals surface area contributed by atoms with Crippen LogP contribution in [0.1, 0.15) is 40.5 Å². The summed E-state index contributed by atoms with van der Waals surface area (Å²) in [5.74, 6) is -0.254. The van der Waals surface area contributed by atoms with Gasteiger partial charge in [-0.25, -0.2) is 0 Å². The Balaban J connectivity index is 4.28. The zero-order chi connectivity index (χ0) is 12.6. The summed E-state index contributed by atoms with van der Waals surface area (Å²) < 4.78 is 0. The standard InChI is InChI=1S/C12H27N3O/c1-5-8-14-11(12(13)16)9-15(7-3)10(4)6-2/h10-11,14H,5-9H2,1-4H3,(H2,13,16). The van der Waals surface area contributed by atoms with E-state index in [1.807, 2.05) is 0 Å². The number of nitrogens with two attached hydrogens (primary N) is 1. The number of rotatable bonds is 9. The molecule has 1 amide bonds. The maximum Gasteiger partial charge on any atom is 0.235 e. The van der Waals surface area contributed by atoms with Crippen LogP contribution in [0.15, 0.2) is 0 Å². The number of likely N-dealkylation sites (N-methyl/N-ethyl adjacent to an activating group) is 1. The van der Waals surface area contributed by atoms with E-state index in [9.17, 15) is 4.79 Å². The van der Waals surface area contributed by atoms with E-state index in [0.29, 0.717) is 12.6 Å². The summed E-state index contributed by atoms with van der Waals surface area (Å²) in [6.45, 7) is 11.0. The van der Waals surface area contributed by atoms with Gasteiger partial charge in [0.1, 0.15) is 0 Å². The van der Waals surface area contributed by atoms with Gasteiger partial charge in [0.25, 0.3) is 0 Å². The summed E-state index contributed by atoms with van der Waals surface area (Å²) in [6, 6.07) is 0.268. The molecule has 0 heterocycles. The molecule has 0 aromatic carbocycles. The molecule has 0 radical (unpaired) electrons. The molecule has 0 rings (SSSR count). The number of hydrogen-bond donors (Lipinski definition) is 2. The van der Waals surface area contributed by atoms with E-state index in [1.165, 1.54) is 0 Å². The van der Waals surface area contributed by atoms with Gasteiger partial charge in [0, 0.05) is 12.6 Å². The van der Waals surface area contributed by atoms with E-state index in [0.717, 1.165) is 25.9 Å². The van der Waals surface area contributed by atoms with Crippen molar-refractivity contribution in [2.45, 2.75) is 52.6 Å². The molecule has 4 nitrogen and oxygen atoms in total. The van der Waals surface area contributed by atoms with Gasteiger partial charge in [0.05, 0.1) is 6.04 Å². The van der Waals surface area contributed by atoms with Crippen molar-refractivity contribution in [3.63, 3.8) is 0 Å². The number of nitrogens with one attached hydrogen (secondary N) is 1. The lowest BCUT2D eigenvalue weighted by molar-refractivity contribution is -0.120. The van der Waals surface area contributed by atoms with Crippen LogP contribution in [0.5, 0.6) is 0 Å². The maximum atomic E-state index is 11.3. The topological polar surface area (TPSA) is 58.4 Å². The third kappa shape index (κ3) is 5.47. The highest BCUT2D eigenvalue weighted by atomic mass is 16.1. The summed E-state index contributed by atoms with van der Waals surface area (Å²) in [7, 11) is 0. The van der Waals surface area contributed by atoms with Crippen LogP contribution in [0.25, 0.3) is 0 Å². The Labute approximate surface area is 99.6 Å². The Hall–Kier alpha value is -0.610. The van der Waals surface area contributed by atoms with Crippen LogP contribution < -0.4 is 11.1 Å². The Bertz CT molecular complexity index is 197. The first-order valence-electron chi connectivity index (χ1n) is 6.33. The first-order chi connectivity index (χ1) is 7.56. The molecule has 0 aliphatic carbocycles. The van der Waals surface area contributed by atoms with Crippen molar-refractivity contribution in [1.29, 1.82) is 0 Å². The molecular weight excluding hydrogens is 202 g/mol. The predicted molar refractivity (Wildman–Crippen MR) is 68.3 cm³/mol. The Morgan fingerprint density at radius 1 is 1.38 bits per heavy atom. The van der Waals surface area contributed by atoms with Crippen molar-refractivity contribution in [3.8, 4) is 0 Å². The first-order valence-corrected chi connectivity index (χ1v) is 6.33. The highest BCUT2D eigenvalue weighted by Gasteiger charge is 2.20. The van der Waals surface area contributed by atoms with E-state index in [-0.39, 0.29) is 11.9 Å². The minimum atomic E-state index is -0.254. The molecule has 2 unspecified atom stereocenters. The summed E-state index contributed by atoms with van der Waals surface area (Å²) in [5, 5.41) is 3.20. The van der Waals surface area contributed by atoms with Crippen LogP contribution in [0, 0.1) is 0 Å². The molecular formula is C12H27N3O. The Morgan fingerprint density at radius 2 is 2.00 bits per heavy atom.